The average molecular weight is 369 g/mol. The van der Waals surface area contributed by atoms with Gasteiger partial charge in [0.25, 0.3) is 0 Å². The lowest BCUT2D eigenvalue weighted by atomic mass is 9.41. The van der Waals surface area contributed by atoms with Crippen molar-refractivity contribution in [2.24, 2.45) is 34.5 Å². The van der Waals surface area contributed by atoms with E-state index in [4.69, 9.17) is 0 Å². The Kier molecular flexibility index (Phi) is 4.34. The van der Waals surface area contributed by atoms with Gasteiger partial charge in [0.1, 0.15) is 0 Å². The Morgan fingerprint density at radius 1 is 0.962 bits per heavy atom. The van der Waals surface area contributed by atoms with Crippen LogP contribution in [0.5, 0.6) is 0 Å². The first-order chi connectivity index (χ1) is 12.1. The lowest BCUT2D eigenvalue weighted by Crippen LogP contribution is -2.72. The molecule has 4 fully saturated rings. The predicted octanol–water partition coefficient (Wildman–Crippen LogP) is 1.44. The molecule has 0 radical (unpaired) electrons. The topological polar surface area (TPSA) is 101 Å². The van der Waals surface area contributed by atoms with E-state index in [1.807, 2.05) is 6.92 Å². The number of hydrogen-bond donors (Lipinski definition) is 5. The Balaban J connectivity index is 1.77. The molecular formula is C21H36O5. The number of aliphatic hydroxyl groups is 5. The zero-order chi connectivity index (χ0) is 19.1. The third-order valence-corrected chi connectivity index (χ3v) is 9.57. The zero-order valence-electron chi connectivity index (χ0n) is 16.3. The summed E-state index contributed by atoms with van der Waals surface area (Å²) >= 11 is 0. The molecule has 4 aliphatic rings. The Hall–Kier alpha value is -0.200. The van der Waals surface area contributed by atoms with E-state index in [1.165, 1.54) is 0 Å². The molecule has 0 unspecified atom stereocenters. The van der Waals surface area contributed by atoms with Gasteiger partial charge in [0, 0.05) is 5.41 Å². The maximum atomic E-state index is 11.9. The molecule has 150 valence electrons. The molecule has 4 saturated carbocycles. The van der Waals surface area contributed by atoms with Crippen molar-refractivity contribution in [3.63, 3.8) is 0 Å². The lowest BCUT2D eigenvalue weighted by Gasteiger charge is -2.66. The third-order valence-electron chi connectivity index (χ3n) is 9.57. The van der Waals surface area contributed by atoms with Gasteiger partial charge in [-0.25, -0.2) is 0 Å². The van der Waals surface area contributed by atoms with Gasteiger partial charge in [0.05, 0.1) is 30.0 Å². The van der Waals surface area contributed by atoms with E-state index in [0.717, 1.165) is 32.1 Å². The van der Waals surface area contributed by atoms with E-state index in [0.29, 0.717) is 18.8 Å². The SMILES string of the molecule is C[C@H](O)[C@@H]1CC[C@]2(O)[C@@H]3CC[C@H]4C[C@@H](O)CC[C@]4(C)[C@H]3[C@H](O)[C@@H](O)[C@]12C. The molecule has 0 aromatic rings. The molecule has 26 heavy (non-hydrogen) atoms. The van der Waals surface area contributed by atoms with Crippen LogP contribution in [0.15, 0.2) is 0 Å². The van der Waals surface area contributed by atoms with Crippen LogP contribution in [0.4, 0.5) is 0 Å². The second-order valence-corrected chi connectivity index (χ2v) is 10.4. The summed E-state index contributed by atoms with van der Waals surface area (Å²) in [4.78, 5) is 0. The van der Waals surface area contributed by atoms with Gasteiger partial charge < -0.3 is 25.5 Å². The first kappa shape index (κ1) is 19.1. The Morgan fingerprint density at radius 2 is 1.65 bits per heavy atom. The van der Waals surface area contributed by atoms with Crippen LogP contribution >= 0.6 is 0 Å². The molecule has 0 saturated heterocycles. The number of hydrogen-bond acceptors (Lipinski definition) is 5. The van der Waals surface area contributed by atoms with Gasteiger partial charge in [0.15, 0.2) is 0 Å². The van der Waals surface area contributed by atoms with Crippen molar-refractivity contribution in [2.75, 3.05) is 0 Å². The highest BCUT2D eigenvalue weighted by Crippen LogP contribution is 2.69. The number of aliphatic hydroxyl groups excluding tert-OH is 4. The fourth-order valence-electron chi connectivity index (χ4n) is 8.09. The molecule has 0 heterocycles. The van der Waals surface area contributed by atoms with E-state index in [-0.39, 0.29) is 29.3 Å². The fourth-order valence-corrected chi connectivity index (χ4v) is 8.09. The third kappa shape index (κ3) is 2.15. The average Bonchev–Trinajstić information content (AvgIpc) is 2.86. The lowest BCUT2D eigenvalue weighted by molar-refractivity contribution is -0.289. The van der Waals surface area contributed by atoms with Gasteiger partial charge >= 0.3 is 0 Å². The zero-order valence-corrected chi connectivity index (χ0v) is 16.3. The fraction of sp³-hybridized carbons (Fsp3) is 1.00. The number of fused-ring (bicyclic) bond motifs is 5. The van der Waals surface area contributed by atoms with Crippen molar-refractivity contribution >= 4 is 0 Å². The molecule has 4 aliphatic carbocycles. The highest BCUT2D eigenvalue weighted by atomic mass is 16.3. The molecule has 5 heteroatoms. The maximum Gasteiger partial charge on any atom is 0.0886 e. The summed E-state index contributed by atoms with van der Waals surface area (Å²) in [7, 11) is 0. The molecule has 5 N–H and O–H groups in total. The van der Waals surface area contributed by atoms with Crippen molar-refractivity contribution in [3.8, 4) is 0 Å². The summed E-state index contributed by atoms with van der Waals surface area (Å²) in [6.07, 6.45) is 2.51. The van der Waals surface area contributed by atoms with E-state index in [1.54, 1.807) is 6.92 Å². The minimum atomic E-state index is -1.05. The molecule has 0 amide bonds. The molecule has 0 spiro atoms. The van der Waals surface area contributed by atoms with Gasteiger partial charge in [-0.3, -0.25) is 0 Å². The Morgan fingerprint density at radius 3 is 2.31 bits per heavy atom. The van der Waals surface area contributed by atoms with Crippen LogP contribution in [0.3, 0.4) is 0 Å². The maximum absolute atomic E-state index is 11.9. The molecule has 0 aromatic heterocycles. The summed E-state index contributed by atoms with van der Waals surface area (Å²) in [6.45, 7) is 5.80. The van der Waals surface area contributed by atoms with Gasteiger partial charge in [-0.05, 0) is 81.0 Å². The minimum absolute atomic E-state index is 0.0638. The first-order valence-electron chi connectivity index (χ1n) is 10.5. The normalized spacial score (nSPS) is 60.7. The van der Waals surface area contributed by atoms with Crippen molar-refractivity contribution in [1.82, 2.24) is 0 Å². The van der Waals surface area contributed by atoms with E-state index < -0.39 is 29.3 Å². The molecule has 5 nitrogen and oxygen atoms in total. The van der Waals surface area contributed by atoms with Gasteiger partial charge in [-0.15, -0.1) is 0 Å². The van der Waals surface area contributed by atoms with Crippen LogP contribution in [0.1, 0.15) is 65.7 Å². The monoisotopic (exact) mass is 368 g/mol. The summed E-state index contributed by atoms with van der Waals surface area (Å²) in [5.41, 5.74) is -2.11. The molecule has 0 aliphatic heterocycles. The molecule has 0 aromatic carbocycles. The number of rotatable bonds is 1. The van der Waals surface area contributed by atoms with Crippen LogP contribution in [0.25, 0.3) is 0 Å². The molecule has 11 atom stereocenters. The molecular weight excluding hydrogens is 332 g/mol. The van der Waals surface area contributed by atoms with E-state index in [9.17, 15) is 25.5 Å². The van der Waals surface area contributed by atoms with Crippen LogP contribution in [-0.2, 0) is 0 Å². The quantitative estimate of drug-likeness (QED) is 0.482. The predicted molar refractivity (Wildman–Crippen MR) is 97.1 cm³/mol. The van der Waals surface area contributed by atoms with Crippen LogP contribution < -0.4 is 0 Å². The second kappa shape index (κ2) is 5.90. The van der Waals surface area contributed by atoms with Crippen molar-refractivity contribution < 1.29 is 25.5 Å². The van der Waals surface area contributed by atoms with E-state index >= 15 is 0 Å². The smallest absolute Gasteiger partial charge is 0.0886 e. The second-order valence-electron chi connectivity index (χ2n) is 10.4. The molecule has 0 bridgehead atoms. The highest BCUT2D eigenvalue weighted by Gasteiger charge is 2.73. The Labute approximate surface area is 156 Å². The van der Waals surface area contributed by atoms with Crippen molar-refractivity contribution in [3.05, 3.63) is 0 Å². The summed E-state index contributed by atoms with van der Waals surface area (Å²) < 4.78 is 0. The van der Waals surface area contributed by atoms with Gasteiger partial charge in [-0.1, -0.05) is 13.8 Å². The van der Waals surface area contributed by atoms with Crippen LogP contribution in [0, 0.1) is 34.5 Å². The summed E-state index contributed by atoms with van der Waals surface area (Å²) in [6, 6.07) is 0. The summed E-state index contributed by atoms with van der Waals surface area (Å²) in [5, 5.41) is 54.8. The van der Waals surface area contributed by atoms with Crippen LogP contribution in [0.2, 0.25) is 0 Å². The van der Waals surface area contributed by atoms with Gasteiger partial charge in [0.2, 0.25) is 0 Å². The van der Waals surface area contributed by atoms with Gasteiger partial charge in [-0.2, -0.15) is 0 Å². The summed E-state index contributed by atoms with van der Waals surface area (Å²) in [5.74, 6) is -0.103. The van der Waals surface area contributed by atoms with Crippen molar-refractivity contribution in [2.45, 2.75) is 95.7 Å². The first-order valence-corrected chi connectivity index (χ1v) is 10.5. The standard InChI is InChI=1S/C21H36O5/c1-11(22)14-7-9-21(26)15-5-4-12-10-13(23)6-8-19(12,2)16(15)17(24)18(25)20(14,21)3/h11-18,22-26H,4-10H2,1-3H3/t11-,12-,13-,14-,15+,16+,17-,18+,19-,20-,21-/m0/s1. The van der Waals surface area contributed by atoms with Crippen LogP contribution in [-0.4, -0.2) is 55.5 Å². The Bertz CT molecular complexity index is 567. The van der Waals surface area contributed by atoms with Crippen molar-refractivity contribution in [1.29, 1.82) is 0 Å². The minimum Gasteiger partial charge on any atom is -0.393 e. The molecule has 4 rings (SSSR count). The van der Waals surface area contributed by atoms with E-state index in [2.05, 4.69) is 6.92 Å². The highest BCUT2D eigenvalue weighted by molar-refractivity contribution is 5.22. The largest absolute Gasteiger partial charge is 0.393 e.